The molecule has 124 valence electrons. The number of benzene rings is 1. The van der Waals surface area contributed by atoms with E-state index in [1.54, 1.807) is 0 Å². The predicted molar refractivity (Wildman–Crippen MR) is 88.2 cm³/mol. The third kappa shape index (κ3) is 4.48. The van der Waals surface area contributed by atoms with E-state index < -0.39 is 11.9 Å². The zero-order chi connectivity index (χ0) is 16.7. The summed E-state index contributed by atoms with van der Waals surface area (Å²) in [5, 5.41) is 3.00. The number of esters is 2. The van der Waals surface area contributed by atoms with Crippen LogP contribution in [0.3, 0.4) is 0 Å². The van der Waals surface area contributed by atoms with Crippen LogP contribution in [0.25, 0.3) is 0 Å². The van der Waals surface area contributed by atoms with Gasteiger partial charge in [0.1, 0.15) is 5.70 Å². The van der Waals surface area contributed by atoms with Gasteiger partial charge in [-0.25, -0.2) is 9.59 Å². The van der Waals surface area contributed by atoms with Gasteiger partial charge in [0.15, 0.2) is 0 Å². The van der Waals surface area contributed by atoms with Crippen LogP contribution in [-0.4, -0.2) is 39.2 Å². The van der Waals surface area contributed by atoms with Gasteiger partial charge in [0.2, 0.25) is 0 Å². The van der Waals surface area contributed by atoms with E-state index in [0.717, 1.165) is 43.4 Å². The lowest BCUT2D eigenvalue weighted by molar-refractivity contribution is -0.138. The first-order valence-electron chi connectivity index (χ1n) is 7.64. The van der Waals surface area contributed by atoms with Crippen LogP contribution in [0.5, 0.6) is 0 Å². The summed E-state index contributed by atoms with van der Waals surface area (Å²) in [7, 11) is 2.53. The summed E-state index contributed by atoms with van der Waals surface area (Å²) >= 11 is 0. The van der Waals surface area contributed by atoms with Crippen LogP contribution in [-0.2, 0) is 19.1 Å². The Hall–Kier alpha value is -2.50. The Labute approximate surface area is 136 Å². The third-order valence-corrected chi connectivity index (χ3v) is 3.74. The lowest BCUT2D eigenvalue weighted by Gasteiger charge is -2.30. The van der Waals surface area contributed by atoms with Crippen molar-refractivity contribution in [1.29, 1.82) is 0 Å². The summed E-state index contributed by atoms with van der Waals surface area (Å²) in [6, 6.07) is 7.71. The Bertz CT molecular complexity index is 592. The average Bonchev–Trinajstić information content (AvgIpc) is 2.61. The van der Waals surface area contributed by atoms with Crippen molar-refractivity contribution in [2.75, 3.05) is 37.5 Å². The van der Waals surface area contributed by atoms with Gasteiger partial charge in [-0.3, -0.25) is 0 Å². The normalized spacial score (nSPS) is 15.0. The first-order chi connectivity index (χ1) is 11.2. The van der Waals surface area contributed by atoms with E-state index in [9.17, 15) is 9.59 Å². The van der Waals surface area contributed by atoms with Crippen molar-refractivity contribution in [3.8, 4) is 0 Å². The number of rotatable bonds is 5. The van der Waals surface area contributed by atoms with Crippen LogP contribution in [0, 0.1) is 0 Å². The lowest BCUT2D eigenvalue weighted by atomic mass is 10.1. The number of carbonyl (C=O) groups is 2. The molecule has 1 saturated heterocycles. The molecule has 1 aromatic rings. The van der Waals surface area contributed by atoms with Gasteiger partial charge in [-0.1, -0.05) is 12.1 Å². The zero-order valence-electron chi connectivity index (χ0n) is 13.5. The number of piperidine rings is 1. The molecule has 6 nitrogen and oxygen atoms in total. The molecule has 1 aromatic carbocycles. The number of ether oxygens (including phenoxy) is 2. The third-order valence-electron chi connectivity index (χ3n) is 3.74. The van der Waals surface area contributed by atoms with Crippen LogP contribution in [0.1, 0.15) is 19.3 Å². The van der Waals surface area contributed by atoms with Gasteiger partial charge < -0.3 is 19.7 Å². The smallest absolute Gasteiger partial charge is 0.354 e. The highest BCUT2D eigenvalue weighted by Gasteiger charge is 2.18. The maximum atomic E-state index is 11.9. The monoisotopic (exact) mass is 318 g/mol. The molecule has 1 aliphatic rings. The fraction of sp³-hybridized carbons (Fsp3) is 0.412. The minimum atomic E-state index is -0.621. The number of hydrogen-bond donors (Lipinski definition) is 1. The lowest BCUT2D eigenvalue weighted by Crippen LogP contribution is -2.30. The summed E-state index contributed by atoms with van der Waals surface area (Å²) in [5.41, 5.74) is 1.81. The maximum absolute atomic E-state index is 11.9. The fourth-order valence-corrected chi connectivity index (χ4v) is 2.57. The standard InChI is InChI=1S/C17H22N2O4/c1-22-16(20)12-14(17(21)23-2)18-13-8-4-5-9-15(13)19-10-6-3-7-11-19/h4-5,8-9,12,18H,3,6-7,10-11H2,1-2H3/b14-12+. The molecular formula is C17H22N2O4. The Morgan fingerprint density at radius 1 is 1.09 bits per heavy atom. The largest absolute Gasteiger partial charge is 0.466 e. The molecule has 0 saturated carbocycles. The van der Waals surface area contributed by atoms with Crippen molar-refractivity contribution >= 4 is 23.3 Å². The number of nitrogens with zero attached hydrogens (tertiary/aromatic N) is 1. The summed E-state index contributed by atoms with van der Waals surface area (Å²) in [6.45, 7) is 1.96. The molecule has 0 atom stereocenters. The second-order valence-electron chi connectivity index (χ2n) is 5.26. The van der Waals surface area contributed by atoms with E-state index in [1.165, 1.54) is 20.6 Å². The fourth-order valence-electron chi connectivity index (χ4n) is 2.57. The molecular weight excluding hydrogens is 296 g/mol. The van der Waals surface area contributed by atoms with Gasteiger partial charge in [0.05, 0.1) is 31.7 Å². The Balaban J connectivity index is 2.27. The molecule has 0 aliphatic carbocycles. The molecule has 1 fully saturated rings. The van der Waals surface area contributed by atoms with Gasteiger partial charge >= 0.3 is 11.9 Å². The van der Waals surface area contributed by atoms with Gasteiger partial charge in [0, 0.05) is 13.1 Å². The van der Waals surface area contributed by atoms with Crippen molar-refractivity contribution in [3.63, 3.8) is 0 Å². The summed E-state index contributed by atoms with van der Waals surface area (Å²) < 4.78 is 9.31. The van der Waals surface area contributed by atoms with E-state index in [0.29, 0.717) is 0 Å². The molecule has 0 bridgehead atoms. The topological polar surface area (TPSA) is 67.9 Å². The zero-order valence-corrected chi connectivity index (χ0v) is 13.5. The quantitative estimate of drug-likeness (QED) is 0.664. The molecule has 0 amide bonds. The highest BCUT2D eigenvalue weighted by atomic mass is 16.5. The van der Waals surface area contributed by atoms with Gasteiger partial charge in [-0.15, -0.1) is 0 Å². The molecule has 23 heavy (non-hydrogen) atoms. The van der Waals surface area contributed by atoms with Gasteiger partial charge in [-0.05, 0) is 31.4 Å². The Morgan fingerprint density at radius 2 is 1.78 bits per heavy atom. The van der Waals surface area contributed by atoms with Crippen LogP contribution < -0.4 is 10.2 Å². The Kier molecular flexibility index (Phi) is 6.02. The minimum absolute atomic E-state index is 0.0452. The van der Waals surface area contributed by atoms with Crippen LogP contribution in [0.15, 0.2) is 36.0 Å². The van der Waals surface area contributed by atoms with Crippen molar-refractivity contribution in [1.82, 2.24) is 0 Å². The van der Waals surface area contributed by atoms with Gasteiger partial charge in [-0.2, -0.15) is 0 Å². The Morgan fingerprint density at radius 3 is 2.43 bits per heavy atom. The molecule has 0 spiro atoms. The maximum Gasteiger partial charge on any atom is 0.354 e. The van der Waals surface area contributed by atoms with Crippen LogP contribution in [0.4, 0.5) is 11.4 Å². The average molecular weight is 318 g/mol. The van der Waals surface area contributed by atoms with Gasteiger partial charge in [0.25, 0.3) is 0 Å². The SMILES string of the molecule is COC(=O)/C=C(/Nc1ccccc1N1CCCCC1)C(=O)OC. The number of nitrogens with one attached hydrogen (secondary N) is 1. The predicted octanol–water partition coefficient (Wildman–Crippen LogP) is 2.32. The minimum Gasteiger partial charge on any atom is -0.466 e. The highest BCUT2D eigenvalue weighted by molar-refractivity contribution is 5.99. The van der Waals surface area contributed by atoms with Crippen molar-refractivity contribution in [3.05, 3.63) is 36.0 Å². The molecule has 1 aliphatic heterocycles. The highest BCUT2D eigenvalue weighted by Crippen LogP contribution is 2.29. The summed E-state index contributed by atoms with van der Waals surface area (Å²) in [5.74, 6) is -1.24. The van der Waals surface area contributed by atoms with E-state index >= 15 is 0 Å². The van der Waals surface area contributed by atoms with Crippen molar-refractivity contribution < 1.29 is 19.1 Å². The van der Waals surface area contributed by atoms with Crippen LogP contribution in [0.2, 0.25) is 0 Å². The van der Waals surface area contributed by atoms with Crippen molar-refractivity contribution in [2.24, 2.45) is 0 Å². The molecule has 0 unspecified atom stereocenters. The van der Waals surface area contributed by atoms with E-state index in [2.05, 4.69) is 15.0 Å². The number of para-hydroxylation sites is 2. The second kappa shape index (κ2) is 8.22. The number of anilines is 2. The van der Waals surface area contributed by atoms with E-state index in [-0.39, 0.29) is 5.70 Å². The van der Waals surface area contributed by atoms with Crippen molar-refractivity contribution in [2.45, 2.75) is 19.3 Å². The molecule has 0 aromatic heterocycles. The first kappa shape index (κ1) is 16.9. The van der Waals surface area contributed by atoms with E-state index in [4.69, 9.17) is 4.74 Å². The number of hydrogen-bond acceptors (Lipinski definition) is 6. The van der Waals surface area contributed by atoms with Crippen LogP contribution >= 0.6 is 0 Å². The number of carbonyl (C=O) groups excluding carboxylic acids is 2. The molecule has 2 rings (SSSR count). The number of methoxy groups -OCH3 is 2. The molecule has 1 heterocycles. The van der Waals surface area contributed by atoms with E-state index in [1.807, 2.05) is 24.3 Å². The summed E-state index contributed by atoms with van der Waals surface area (Å²) in [4.78, 5) is 25.6. The molecule has 0 radical (unpaired) electrons. The molecule has 1 N–H and O–H groups in total. The summed E-state index contributed by atoms with van der Waals surface area (Å²) in [6.07, 6.45) is 4.63. The molecule has 6 heteroatoms. The first-order valence-corrected chi connectivity index (χ1v) is 7.64. The second-order valence-corrected chi connectivity index (χ2v) is 5.26.